The van der Waals surface area contributed by atoms with Crippen molar-refractivity contribution in [2.45, 2.75) is 32.4 Å². The highest BCUT2D eigenvalue weighted by Crippen LogP contribution is 2.14. The molecule has 1 aliphatic heterocycles. The van der Waals surface area contributed by atoms with Gasteiger partial charge in [0.05, 0.1) is 12.1 Å². The molecule has 2 rings (SSSR count). The Bertz CT molecular complexity index is 487. The van der Waals surface area contributed by atoms with Crippen molar-refractivity contribution in [2.24, 2.45) is 0 Å². The third-order valence-corrected chi connectivity index (χ3v) is 3.22. The van der Waals surface area contributed by atoms with E-state index in [0.29, 0.717) is 17.9 Å². The van der Waals surface area contributed by atoms with Crippen LogP contribution in [0.3, 0.4) is 0 Å². The van der Waals surface area contributed by atoms with Crippen LogP contribution in [0.5, 0.6) is 0 Å². The molecule has 0 saturated carbocycles. The number of Topliss-reactive ketones (excluding diaryl/α,β-unsaturated/α-hetero) is 1. The van der Waals surface area contributed by atoms with Gasteiger partial charge in [0.1, 0.15) is 0 Å². The fourth-order valence-corrected chi connectivity index (χ4v) is 2.07. The molecule has 0 spiro atoms. The number of hydrogen-bond donors (Lipinski definition) is 2. The summed E-state index contributed by atoms with van der Waals surface area (Å²) >= 11 is 0. The summed E-state index contributed by atoms with van der Waals surface area (Å²) in [7, 11) is 0. The largest absolute Gasteiger partial charge is 0.376 e. The molecule has 0 radical (unpaired) electrons. The molecule has 1 aromatic rings. The van der Waals surface area contributed by atoms with Crippen molar-refractivity contribution in [3.8, 4) is 0 Å². The standard InChI is InChI=1S/C14H18N2O3/c1-9(17)11-4-3-5-12(8-11)15-14(18)16-13-6-7-19-10(13)2/h3-5,8,10,13H,6-7H2,1-2H3,(H2,15,16,18). The Morgan fingerprint density at radius 2 is 2.16 bits per heavy atom. The number of carbonyl (C=O) groups excluding carboxylic acids is 2. The Kier molecular flexibility index (Phi) is 4.16. The van der Waals surface area contributed by atoms with Gasteiger partial charge in [0.25, 0.3) is 0 Å². The second-order valence-corrected chi connectivity index (χ2v) is 4.71. The van der Waals surface area contributed by atoms with Gasteiger partial charge in [-0.1, -0.05) is 12.1 Å². The molecule has 1 heterocycles. The molecule has 0 aromatic heterocycles. The number of anilines is 1. The molecule has 2 unspecified atom stereocenters. The van der Waals surface area contributed by atoms with E-state index in [-0.39, 0.29) is 24.0 Å². The average Bonchev–Trinajstić information content (AvgIpc) is 2.75. The van der Waals surface area contributed by atoms with E-state index in [0.717, 1.165) is 6.42 Å². The monoisotopic (exact) mass is 262 g/mol. The molecule has 1 aliphatic rings. The van der Waals surface area contributed by atoms with E-state index >= 15 is 0 Å². The highest BCUT2D eigenvalue weighted by molar-refractivity contribution is 5.96. The second-order valence-electron chi connectivity index (χ2n) is 4.71. The number of urea groups is 1. The smallest absolute Gasteiger partial charge is 0.319 e. The number of amides is 2. The van der Waals surface area contributed by atoms with Crippen LogP contribution in [0.4, 0.5) is 10.5 Å². The van der Waals surface area contributed by atoms with Crippen LogP contribution in [0.15, 0.2) is 24.3 Å². The van der Waals surface area contributed by atoms with Crippen molar-refractivity contribution in [3.05, 3.63) is 29.8 Å². The van der Waals surface area contributed by atoms with Gasteiger partial charge >= 0.3 is 6.03 Å². The molecule has 1 saturated heterocycles. The molecule has 1 aromatic carbocycles. The lowest BCUT2D eigenvalue weighted by Gasteiger charge is -2.16. The van der Waals surface area contributed by atoms with Crippen molar-refractivity contribution in [1.29, 1.82) is 0 Å². The van der Waals surface area contributed by atoms with Crippen LogP contribution in [0, 0.1) is 0 Å². The maximum atomic E-state index is 11.8. The van der Waals surface area contributed by atoms with E-state index in [2.05, 4.69) is 10.6 Å². The van der Waals surface area contributed by atoms with Gasteiger partial charge in [0.2, 0.25) is 0 Å². The van der Waals surface area contributed by atoms with E-state index in [1.165, 1.54) is 6.92 Å². The van der Waals surface area contributed by atoms with Gasteiger partial charge in [-0.15, -0.1) is 0 Å². The van der Waals surface area contributed by atoms with Crippen molar-refractivity contribution in [1.82, 2.24) is 5.32 Å². The molecule has 5 heteroatoms. The molecule has 2 atom stereocenters. The molecule has 5 nitrogen and oxygen atoms in total. The summed E-state index contributed by atoms with van der Waals surface area (Å²) in [5, 5.41) is 5.59. The van der Waals surface area contributed by atoms with Gasteiger partial charge in [0, 0.05) is 17.9 Å². The van der Waals surface area contributed by atoms with Crippen molar-refractivity contribution in [3.63, 3.8) is 0 Å². The van der Waals surface area contributed by atoms with Gasteiger partial charge in [-0.25, -0.2) is 4.79 Å². The minimum atomic E-state index is -0.275. The minimum absolute atomic E-state index is 0.0260. The lowest BCUT2D eigenvalue weighted by molar-refractivity contribution is 0.101. The van der Waals surface area contributed by atoms with Crippen LogP contribution in [-0.2, 0) is 4.74 Å². The topological polar surface area (TPSA) is 67.4 Å². The lowest BCUT2D eigenvalue weighted by Crippen LogP contribution is -2.41. The summed E-state index contributed by atoms with van der Waals surface area (Å²) in [6.45, 7) is 4.11. The second kappa shape index (κ2) is 5.84. The maximum absolute atomic E-state index is 11.8. The SMILES string of the molecule is CC(=O)c1cccc(NC(=O)NC2CCOC2C)c1. The number of ketones is 1. The summed E-state index contributed by atoms with van der Waals surface area (Å²) in [4.78, 5) is 23.1. The van der Waals surface area contributed by atoms with Crippen LogP contribution >= 0.6 is 0 Å². The molecular formula is C14H18N2O3. The van der Waals surface area contributed by atoms with E-state index in [1.807, 2.05) is 6.92 Å². The van der Waals surface area contributed by atoms with E-state index in [1.54, 1.807) is 24.3 Å². The van der Waals surface area contributed by atoms with E-state index in [4.69, 9.17) is 4.74 Å². The number of benzene rings is 1. The molecule has 0 bridgehead atoms. The summed E-state index contributed by atoms with van der Waals surface area (Å²) in [5.74, 6) is -0.0260. The van der Waals surface area contributed by atoms with Crippen molar-refractivity contribution in [2.75, 3.05) is 11.9 Å². The fourth-order valence-electron chi connectivity index (χ4n) is 2.07. The van der Waals surface area contributed by atoms with Gasteiger partial charge in [-0.3, -0.25) is 4.79 Å². The van der Waals surface area contributed by atoms with Crippen LogP contribution in [0.2, 0.25) is 0 Å². The number of hydrogen-bond acceptors (Lipinski definition) is 3. The van der Waals surface area contributed by atoms with Crippen LogP contribution in [-0.4, -0.2) is 30.6 Å². The summed E-state index contributed by atoms with van der Waals surface area (Å²) in [6.07, 6.45) is 0.858. The Labute approximate surface area is 112 Å². The first-order chi connectivity index (χ1) is 9.06. The third-order valence-electron chi connectivity index (χ3n) is 3.22. The molecule has 1 fully saturated rings. The van der Waals surface area contributed by atoms with E-state index < -0.39 is 0 Å². The first kappa shape index (κ1) is 13.5. The Balaban J connectivity index is 1.95. The van der Waals surface area contributed by atoms with Crippen LogP contribution in [0.25, 0.3) is 0 Å². The van der Waals surface area contributed by atoms with Crippen LogP contribution in [0.1, 0.15) is 30.6 Å². The lowest BCUT2D eigenvalue weighted by atomic mass is 10.1. The number of rotatable bonds is 3. The summed E-state index contributed by atoms with van der Waals surface area (Å²) in [5.41, 5.74) is 1.19. The number of carbonyl (C=O) groups is 2. The van der Waals surface area contributed by atoms with E-state index in [9.17, 15) is 9.59 Å². The fraction of sp³-hybridized carbons (Fsp3) is 0.429. The molecular weight excluding hydrogens is 244 g/mol. The third kappa shape index (κ3) is 3.54. The molecule has 19 heavy (non-hydrogen) atoms. The Morgan fingerprint density at radius 1 is 1.37 bits per heavy atom. The summed E-state index contributed by atoms with van der Waals surface area (Å²) < 4.78 is 5.38. The zero-order chi connectivity index (χ0) is 13.8. The molecule has 0 aliphatic carbocycles. The van der Waals surface area contributed by atoms with Crippen LogP contribution < -0.4 is 10.6 Å². The maximum Gasteiger partial charge on any atom is 0.319 e. The number of ether oxygens (including phenoxy) is 1. The predicted octanol–water partition coefficient (Wildman–Crippen LogP) is 2.19. The molecule has 2 amide bonds. The normalized spacial score (nSPS) is 22.0. The predicted molar refractivity (Wildman–Crippen MR) is 72.4 cm³/mol. The first-order valence-electron chi connectivity index (χ1n) is 6.36. The summed E-state index contributed by atoms with van der Waals surface area (Å²) in [6, 6.07) is 6.64. The first-order valence-corrected chi connectivity index (χ1v) is 6.36. The van der Waals surface area contributed by atoms with Crippen molar-refractivity contribution < 1.29 is 14.3 Å². The quantitative estimate of drug-likeness (QED) is 0.820. The van der Waals surface area contributed by atoms with Gasteiger partial charge in [0.15, 0.2) is 5.78 Å². The highest BCUT2D eigenvalue weighted by Gasteiger charge is 2.25. The van der Waals surface area contributed by atoms with Gasteiger partial charge in [-0.2, -0.15) is 0 Å². The molecule has 2 N–H and O–H groups in total. The number of nitrogens with one attached hydrogen (secondary N) is 2. The Morgan fingerprint density at radius 3 is 2.79 bits per heavy atom. The van der Waals surface area contributed by atoms with Gasteiger partial charge in [-0.05, 0) is 32.4 Å². The average molecular weight is 262 g/mol. The highest BCUT2D eigenvalue weighted by atomic mass is 16.5. The minimum Gasteiger partial charge on any atom is -0.376 e. The Hall–Kier alpha value is -1.88. The zero-order valence-corrected chi connectivity index (χ0v) is 11.1. The zero-order valence-electron chi connectivity index (χ0n) is 11.1. The van der Waals surface area contributed by atoms with Gasteiger partial charge < -0.3 is 15.4 Å². The van der Waals surface area contributed by atoms with Crippen molar-refractivity contribution >= 4 is 17.5 Å². The molecule has 102 valence electrons.